The Labute approximate surface area is 136 Å². The standard InChI is InChI=1S/C16H24N4O3/c1-2-3-8-23-16-18-14(17)12-10-13(21)20(15(12)19-16)7-6-11-5-4-9-22-11/h11H,2-10H2,1H3,(H2,17,18,19). The van der Waals surface area contributed by atoms with Crippen molar-refractivity contribution in [2.24, 2.45) is 0 Å². The molecule has 0 spiro atoms. The fourth-order valence-corrected chi connectivity index (χ4v) is 2.97. The molecule has 7 nitrogen and oxygen atoms in total. The Morgan fingerprint density at radius 2 is 2.30 bits per heavy atom. The van der Waals surface area contributed by atoms with E-state index in [1.807, 2.05) is 0 Å². The van der Waals surface area contributed by atoms with E-state index in [1.54, 1.807) is 4.90 Å². The molecule has 1 aromatic rings. The first-order valence-electron chi connectivity index (χ1n) is 8.40. The second kappa shape index (κ2) is 7.12. The van der Waals surface area contributed by atoms with Crippen molar-refractivity contribution in [3.05, 3.63) is 5.56 Å². The number of aromatic nitrogens is 2. The molecular weight excluding hydrogens is 296 g/mol. The summed E-state index contributed by atoms with van der Waals surface area (Å²) >= 11 is 0. The average molecular weight is 320 g/mol. The predicted molar refractivity (Wildman–Crippen MR) is 86.5 cm³/mol. The van der Waals surface area contributed by atoms with E-state index in [2.05, 4.69) is 16.9 Å². The van der Waals surface area contributed by atoms with Gasteiger partial charge < -0.3 is 15.2 Å². The second-order valence-electron chi connectivity index (χ2n) is 6.04. The lowest BCUT2D eigenvalue weighted by Gasteiger charge is -2.19. The Balaban J connectivity index is 1.72. The van der Waals surface area contributed by atoms with Crippen LogP contribution in [0.2, 0.25) is 0 Å². The van der Waals surface area contributed by atoms with Crippen LogP contribution in [0.4, 0.5) is 11.6 Å². The molecule has 7 heteroatoms. The van der Waals surface area contributed by atoms with E-state index < -0.39 is 0 Å². The number of hydrogen-bond acceptors (Lipinski definition) is 6. The molecule has 0 saturated carbocycles. The van der Waals surface area contributed by atoms with Crippen molar-refractivity contribution < 1.29 is 14.3 Å². The SMILES string of the molecule is CCCCOc1nc(N)c2c(n1)N(CCC1CCCO1)C(=O)C2. The summed E-state index contributed by atoms with van der Waals surface area (Å²) in [6, 6.07) is 0.256. The van der Waals surface area contributed by atoms with Crippen LogP contribution in [0.15, 0.2) is 0 Å². The summed E-state index contributed by atoms with van der Waals surface area (Å²) in [7, 11) is 0. The topological polar surface area (TPSA) is 90.6 Å². The van der Waals surface area contributed by atoms with Gasteiger partial charge in [-0.3, -0.25) is 9.69 Å². The maximum atomic E-state index is 12.3. The monoisotopic (exact) mass is 320 g/mol. The highest BCUT2D eigenvalue weighted by molar-refractivity contribution is 6.01. The highest BCUT2D eigenvalue weighted by atomic mass is 16.5. The molecule has 0 aromatic carbocycles. The average Bonchev–Trinajstić information content (AvgIpc) is 3.14. The zero-order chi connectivity index (χ0) is 16.2. The van der Waals surface area contributed by atoms with Gasteiger partial charge in [0.2, 0.25) is 5.91 Å². The number of nitrogens with zero attached hydrogens (tertiary/aromatic N) is 3. The number of anilines is 2. The van der Waals surface area contributed by atoms with Crippen LogP contribution < -0.4 is 15.4 Å². The van der Waals surface area contributed by atoms with Gasteiger partial charge >= 0.3 is 6.01 Å². The van der Waals surface area contributed by atoms with Gasteiger partial charge in [0.15, 0.2) is 0 Å². The van der Waals surface area contributed by atoms with Gasteiger partial charge in [-0.05, 0) is 25.7 Å². The second-order valence-corrected chi connectivity index (χ2v) is 6.04. The fourth-order valence-electron chi connectivity index (χ4n) is 2.97. The molecule has 0 radical (unpaired) electrons. The van der Waals surface area contributed by atoms with Crippen molar-refractivity contribution in [2.45, 2.75) is 51.6 Å². The molecule has 1 unspecified atom stereocenters. The number of fused-ring (bicyclic) bond motifs is 1. The molecule has 2 aliphatic heterocycles. The zero-order valence-corrected chi connectivity index (χ0v) is 13.6. The van der Waals surface area contributed by atoms with E-state index in [1.165, 1.54) is 0 Å². The van der Waals surface area contributed by atoms with Gasteiger partial charge in [0.1, 0.15) is 11.6 Å². The van der Waals surface area contributed by atoms with Crippen LogP contribution in [0.1, 0.15) is 44.6 Å². The lowest BCUT2D eigenvalue weighted by Crippen LogP contribution is -2.30. The lowest BCUT2D eigenvalue weighted by atomic mass is 10.2. The van der Waals surface area contributed by atoms with Gasteiger partial charge in [0, 0.05) is 18.7 Å². The molecule has 3 heterocycles. The Kier molecular flexibility index (Phi) is 4.95. The van der Waals surface area contributed by atoms with Gasteiger partial charge in [-0.2, -0.15) is 9.97 Å². The van der Waals surface area contributed by atoms with Crippen LogP contribution in [0.3, 0.4) is 0 Å². The minimum absolute atomic E-state index is 0.0182. The number of amides is 1. The van der Waals surface area contributed by atoms with Crippen LogP contribution >= 0.6 is 0 Å². The summed E-state index contributed by atoms with van der Waals surface area (Å²) in [4.78, 5) is 22.6. The van der Waals surface area contributed by atoms with E-state index in [4.69, 9.17) is 15.2 Å². The van der Waals surface area contributed by atoms with Crippen LogP contribution in [0, 0.1) is 0 Å². The van der Waals surface area contributed by atoms with Crippen LogP contribution in [0.5, 0.6) is 6.01 Å². The molecule has 126 valence electrons. The Hall–Kier alpha value is -1.89. The van der Waals surface area contributed by atoms with Gasteiger partial charge in [0.05, 0.1) is 19.1 Å². The Morgan fingerprint density at radius 1 is 1.43 bits per heavy atom. The molecule has 0 bridgehead atoms. The van der Waals surface area contributed by atoms with Gasteiger partial charge in [-0.15, -0.1) is 0 Å². The van der Waals surface area contributed by atoms with Gasteiger partial charge in [0.25, 0.3) is 0 Å². The maximum Gasteiger partial charge on any atom is 0.320 e. The third-order valence-electron chi connectivity index (χ3n) is 4.31. The summed E-state index contributed by atoms with van der Waals surface area (Å²) in [5, 5.41) is 0. The summed E-state index contributed by atoms with van der Waals surface area (Å²) in [5.74, 6) is 0.964. The van der Waals surface area contributed by atoms with Crippen molar-refractivity contribution in [3.8, 4) is 6.01 Å². The van der Waals surface area contributed by atoms with Gasteiger partial charge in [-0.25, -0.2) is 0 Å². The molecule has 1 amide bonds. The zero-order valence-electron chi connectivity index (χ0n) is 13.6. The number of unbranched alkanes of at least 4 members (excludes halogenated alkanes) is 1. The van der Waals surface area contributed by atoms with Crippen molar-refractivity contribution in [1.29, 1.82) is 0 Å². The molecule has 3 rings (SSSR count). The maximum absolute atomic E-state index is 12.3. The van der Waals surface area contributed by atoms with E-state index >= 15 is 0 Å². The third-order valence-corrected chi connectivity index (χ3v) is 4.31. The van der Waals surface area contributed by atoms with Crippen LogP contribution in [-0.2, 0) is 16.0 Å². The van der Waals surface area contributed by atoms with Crippen molar-refractivity contribution >= 4 is 17.5 Å². The number of rotatable bonds is 7. The minimum atomic E-state index is 0.0182. The normalized spacial score (nSPS) is 20.1. The molecule has 1 fully saturated rings. The van der Waals surface area contributed by atoms with Crippen LogP contribution in [0.25, 0.3) is 0 Å². The van der Waals surface area contributed by atoms with E-state index in [0.717, 1.165) is 38.7 Å². The van der Waals surface area contributed by atoms with Gasteiger partial charge in [-0.1, -0.05) is 13.3 Å². The summed E-state index contributed by atoms with van der Waals surface area (Å²) in [6.45, 7) is 4.06. The number of carbonyl (C=O) groups is 1. The quantitative estimate of drug-likeness (QED) is 0.769. The van der Waals surface area contributed by atoms with E-state index in [-0.39, 0.29) is 24.4 Å². The molecule has 2 N–H and O–H groups in total. The summed E-state index contributed by atoms with van der Waals surface area (Å²) in [5.41, 5.74) is 6.70. The third kappa shape index (κ3) is 3.55. The van der Waals surface area contributed by atoms with Crippen molar-refractivity contribution in [1.82, 2.24) is 9.97 Å². The molecule has 2 aliphatic rings. The predicted octanol–water partition coefficient (Wildman–Crippen LogP) is 1.70. The van der Waals surface area contributed by atoms with Crippen LogP contribution in [-0.4, -0.2) is 41.7 Å². The lowest BCUT2D eigenvalue weighted by molar-refractivity contribution is -0.117. The number of hydrogen-bond donors (Lipinski definition) is 1. The fraction of sp³-hybridized carbons (Fsp3) is 0.688. The highest BCUT2D eigenvalue weighted by Crippen LogP contribution is 2.32. The first-order chi connectivity index (χ1) is 11.2. The summed E-state index contributed by atoms with van der Waals surface area (Å²) in [6.07, 6.45) is 5.45. The van der Waals surface area contributed by atoms with E-state index in [0.29, 0.717) is 30.4 Å². The van der Waals surface area contributed by atoms with Crippen molar-refractivity contribution in [3.63, 3.8) is 0 Å². The first kappa shape index (κ1) is 16.0. The molecule has 1 aromatic heterocycles. The summed E-state index contributed by atoms with van der Waals surface area (Å²) < 4.78 is 11.2. The molecular formula is C16H24N4O3. The first-order valence-corrected chi connectivity index (χ1v) is 8.40. The molecule has 1 saturated heterocycles. The highest BCUT2D eigenvalue weighted by Gasteiger charge is 2.32. The smallest absolute Gasteiger partial charge is 0.320 e. The number of nitrogen functional groups attached to an aromatic ring is 1. The number of ether oxygens (including phenoxy) is 2. The molecule has 1 atom stereocenters. The van der Waals surface area contributed by atoms with Crippen molar-refractivity contribution in [2.75, 3.05) is 30.4 Å². The number of nitrogens with two attached hydrogens (primary N) is 1. The van der Waals surface area contributed by atoms with E-state index in [9.17, 15) is 4.79 Å². The Bertz CT molecular complexity index is 573. The Morgan fingerprint density at radius 3 is 3.04 bits per heavy atom. The number of carbonyl (C=O) groups excluding carboxylic acids is 1. The minimum Gasteiger partial charge on any atom is -0.463 e. The molecule has 0 aliphatic carbocycles. The largest absolute Gasteiger partial charge is 0.463 e. The molecule has 23 heavy (non-hydrogen) atoms.